The van der Waals surface area contributed by atoms with Crippen molar-refractivity contribution in [2.24, 2.45) is 11.7 Å². The molecule has 6 heteroatoms. The van der Waals surface area contributed by atoms with Gasteiger partial charge in [-0.15, -0.1) is 11.3 Å². The number of carbonyl (C=O) groups is 1. The van der Waals surface area contributed by atoms with Crippen LogP contribution in [0, 0.1) is 5.92 Å². The highest BCUT2D eigenvalue weighted by molar-refractivity contribution is 7.15. The van der Waals surface area contributed by atoms with Crippen LogP contribution in [0.5, 0.6) is 0 Å². The first-order valence-corrected chi connectivity index (χ1v) is 6.39. The Bertz CT molecular complexity index is 519. The van der Waals surface area contributed by atoms with Crippen LogP contribution in [0.25, 0.3) is 4.96 Å². The summed E-state index contributed by atoms with van der Waals surface area (Å²) in [7, 11) is 0. The van der Waals surface area contributed by atoms with Crippen LogP contribution in [0.3, 0.4) is 0 Å². The number of hydrogen-bond donors (Lipinski definition) is 1. The molecule has 2 atom stereocenters. The fraction of sp³-hybridized carbons (Fsp3) is 0.455. The van der Waals surface area contributed by atoms with Crippen molar-refractivity contribution >= 4 is 22.1 Å². The molecule has 0 bridgehead atoms. The minimum absolute atomic E-state index is 0.126. The number of rotatable bonds is 3. The Morgan fingerprint density at radius 3 is 3.24 bits per heavy atom. The molecule has 17 heavy (non-hydrogen) atoms. The maximum absolute atomic E-state index is 12.0. The molecule has 0 spiro atoms. The van der Waals surface area contributed by atoms with Crippen LogP contribution >= 0.6 is 11.3 Å². The van der Waals surface area contributed by atoms with Crippen LogP contribution in [0.4, 0.5) is 0 Å². The standard InChI is InChI=1S/C11H13N3O2S/c12-9-6-16-5-8(9)10(15)3-7-4-14-1-2-17-11(14)13-7/h1-2,4,8-9H,3,5-6,12H2. The third-order valence-electron chi connectivity index (χ3n) is 3.04. The summed E-state index contributed by atoms with van der Waals surface area (Å²) in [4.78, 5) is 17.3. The zero-order valence-electron chi connectivity index (χ0n) is 9.20. The molecule has 0 radical (unpaired) electrons. The minimum atomic E-state index is -0.172. The number of nitrogens with two attached hydrogens (primary N) is 1. The van der Waals surface area contributed by atoms with Gasteiger partial charge in [0, 0.05) is 23.8 Å². The Morgan fingerprint density at radius 2 is 2.53 bits per heavy atom. The second-order valence-corrected chi connectivity index (χ2v) is 5.15. The van der Waals surface area contributed by atoms with Gasteiger partial charge >= 0.3 is 0 Å². The lowest BCUT2D eigenvalue weighted by Gasteiger charge is -2.10. The van der Waals surface area contributed by atoms with Crippen LogP contribution in [0.15, 0.2) is 17.8 Å². The van der Waals surface area contributed by atoms with Crippen LogP contribution in [-0.2, 0) is 16.0 Å². The van der Waals surface area contributed by atoms with Gasteiger partial charge in [0.1, 0.15) is 5.78 Å². The molecule has 1 fully saturated rings. The fourth-order valence-corrected chi connectivity index (χ4v) is 2.79. The van der Waals surface area contributed by atoms with Crippen molar-refractivity contribution in [3.8, 4) is 0 Å². The average molecular weight is 251 g/mol. The van der Waals surface area contributed by atoms with E-state index in [-0.39, 0.29) is 17.7 Å². The van der Waals surface area contributed by atoms with E-state index in [0.29, 0.717) is 19.6 Å². The molecule has 2 unspecified atom stereocenters. The maximum Gasteiger partial charge on any atom is 0.193 e. The van der Waals surface area contributed by atoms with E-state index in [0.717, 1.165) is 10.7 Å². The van der Waals surface area contributed by atoms with Gasteiger partial charge < -0.3 is 10.5 Å². The molecule has 1 aliphatic rings. The summed E-state index contributed by atoms with van der Waals surface area (Å²) in [6.45, 7) is 0.927. The van der Waals surface area contributed by atoms with Gasteiger partial charge in [-0.2, -0.15) is 0 Å². The topological polar surface area (TPSA) is 69.6 Å². The first-order chi connectivity index (χ1) is 8.24. The number of imidazole rings is 1. The molecule has 90 valence electrons. The maximum atomic E-state index is 12.0. The molecule has 0 aromatic carbocycles. The van der Waals surface area contributed by atoms with Crippen LogP contribution in [0.1, 0.15) is 5.69 Å². The van der Waals surface area contributed by atoms with E-state index in [4.69, 9.17) is 10.5 Å². The predicted octanol–water partition coefficient (Wildman–Crippen LogP) is 0.481. The average Bonchev–Trinajstić information content (AvgIpc) is 2.92. The molecular weight excluding hydrogens is 238 g/mol. The molecule has 0 saturated carbocycles. The molecule has 0 aliphatic carbocycles. The third kappa shape index (κ3) is 1.99. The van der Waals surface area contributed by atoms with Gasteiger partial charge in [0.25, 0.3) is 0 Å². The lowest BCUT2D eigenvalue weighted by Crippen LogP contribution is -2.34. The minimum Gasteiger partial charge on any atom is -0.379 e. The van der Waals surface area contributed by atoms with Gasteiger partial charge in [0.05, 0.1) is 31.2 Å². The summed E-state index contributed by atoms with van der Waals surface area (Å²) >= 11 is 1.56. The van der Waals surface area contributed by atoms with Crippen molar-refractivity contribution in [1.82, 2.24) is 9.38 Å². The van der Waals surface area contributed by atoms with E-state index in [9.17, 15) is 4.79 Å². The molecule has 2 aromatic heterocycles. The van der Waals surface area contributed by atoms with Gasteiger partial charge in [0.2, 0.25) is 0 Å². The number of Topliss-reactive ketones (excluding diaryl/α,β-unsaturated/α-hetero) is 1. The highest BCUT2D eigenvalue weighted by Gasteiger charge is 2.31. The Morgan fingerprint density at radius 1 is 1.65 bits per heavy atom. The Balaban J connectivity index is 1.74. The highest BCUT2D eigenvalue weighted by Crippen LogP contribution is 2.17. The SMILES string of the molecule is NC1COCC1C(=O)Cc1cn2ccsc2n1. The van der Waals surface area contributed by atoms with E-state index in [1.807, 2.05) is 22.2 Å². The normalized spacial score (nSPS) is 24.5. The zero-order chi connectivity index (χ0) is 11.8. The van der Waals surface area contributed by atoms with Crippen molar-refractivity contribution in [2.75, 3.05) is 13.2 Å². The number of ether oxygens (including phenoxy) is 1. The lowest BCUT2D eigenvalue weighted by atomic mass is 9.96. The third-order valence-corrected chi connectivity index (χ3v) is 3.81. The first-order valence-electron chi connectivity index (χ1n) is 5.51. The molecule has 2 N–H and O–H groups in total. The second kappa shape index (κ2) is 4.21. The molecular formula is C11H13N3O2S. The largest absolute Gasteiger partial charge is 0.379 e. The number of carbonyl (C=O) groups excluding carboxylic acids is 1. The predicted molar refractivity (Wildman–Crippen MR) is 64.1 cm³/mol. The smallest absolute Gasteiger partial charge is 0.193 e. The van der Waals surface area contributed by atoms with Crippen molar-refractivity contribution in [3.05, 3.63) is 23.5 Å². The number of hydrogen-bond acceptors (Lipinski definition) is 5. The van der Waals surface area contributed by atoms with E-state index in [2.05, 4.69) is 4.98 Å². The first kappa shape index (κ1) is 10.9. The van der Waals surface area contributed by atoms with Gasteiger partial charge in [-0.25, -0.2) is 4.98 Å². The van der Waals surface area contributed by atoms with Crippen molar-refractivity contribution in [3.63, 3.8) is 0 Å². The van der Waals surface area contributed by atoms with E-state index >= 15 is 0 Å². The number of nitrogens with zero attached hydrogens (tertiary/aromatic N) is 2. The Kier molecular flexibility index (Phi) is 2.70. The second-order valence-electron chi connectivity index (χ2n) is 4.28. The monoisotopic (exact) mass is 251 g/mol. The van der Waals surface area contributed by atoms with Crippen molar-refractivity contribution in [1.29, 1.82) is 0 Å². The molecule has 1 aliphatic heterocycles. The van der Waals surface area contributed by atoms with Gasteiger partial charge in [-0.3, -0.25) is 9.20 Å². The van der Waals surface area contributed by atoms with Crippen LogP contribution in [-0.4, -0.2) is 34.4 Å². The quantitative estimate of drug-likeness (QED) is 0.861. The summed E-state index contributed by atoms with van der Waals surface area (Å²) in [6, 6.07) is -0.161. The highest BCUT2D eigenvalue weighted by atomic mass is 32.1. The molecule has 1 saturated heterocycles. The molecule has 3 rings (SSSR count). The number of fused-ring (bicyclic) bond motifs is 1. The molecule has 0 amide bonds. The van der Waals surface area contributed by atoms with E-state index < -0.39 is 0 Å². The van der Waals surface area contributed by atoms with Crippen LogP contribution in [0.2, 0.25) is 0 Å². The van der Waals surface area contributed by atoms with Crippen LogP contribution < -0.4 is 5.73 Å². The lowest BCUT2D eigenvalue weighted by molar-refractivity contribution is -0.122. The van der Waals surface area contributed by atoms with Gasteiger partial charge in [-0.05, 0) is 0 Å². The summed E-state index contributed by atoms with van der Waals surface area (Å²) in [5.74, 6) is -0.0458. The van der Waals surface area contributed by atoms with E-state index in [1.54, 1.807) is 11.3 Å². The van der Waals surface area contributed by atoms with Gasteiger partial charge in [-0.1, -0.05) is 0 Å². The zero-order valence-corrected chi connectivity index (χ0v) is 10.0. The van der Waals surface area contributed by atoms with Gasteiger partial charge in [0.15, 0.2) is 4.96 Å². The Hall–Kier alpha value is -1.24. The molecule has 5 nitrogen and oxygen atoms in total. The van der Waals surface area contributed by atoms with Crippen molar-refractivity contribution in [2.45, 2.75) is 12.5 Å². The summed E-state index contributed by atoms with van der Waals surface area (Å²) in [5.41, 5.74) is 6.63. The van der Waals surface area contributed by atoms with E-state index in [1.165, 1.54) is 0 Å². The molecule has 2 aromatic rings. The molecule has 3 heterocycles. The number of ketones is 1. The number of thiazole rings is 1. The Labute approximate surface area is 102 Å². The van der Waals surface area contributed by atoms with Crippen molar-refractivity contribution < 1.29 is 9.53 Å². The summed E-state index contributed by atoms with van der Waals surface area (Å²) < 4.78 is 7.13. The fourth-order valence-electron chi connectivity index (χ4n) is 2.07. The number of aromatic nitrogens is 2. The summed E-state index contributed by atoms with van der Waals surface area (Å²) in [6.07, 6.45) is 4.17. The summed E-state index contributed by atoms with van der Waals surface area (Å²) in [5, 5.41) is 1.97.